The molecule has 0 amide bonds. The molecule has 3 heterocycles. The van der Waals surface area contributed by atoms with Crippen molar-refractivity contribution in [2.45, 2.75) is 51.9 Å². The number of ether oxygens (including phenoxy) is 2. The quantitative estimate of drug-likeness (QED) is 0.554. The second-order valence-corrected chi connectivity index (χ2v) is 8.68. The molecule has 0 bridgehead atoms. The Morgan fingerprint density at radius 3 is 3.00 bits per heavy atom. The zero-order valence-electron chi connectivity index (χ0n) is 18.2. The van der Waals surface area contributed by atoms with Gasteiger partial charge >= 0.3 is 0 Å². The Kier molecular flexibility index (Phi) is 6.11. The molecule has 30 heavy (non-hydrogen) atoms. The molecule has 1 aromatic carbocycles. The van der Waals surface area contributed by atoms with Crippen LogP contribution in [0.3, 0.4) is 0 Å². The maximum Gasteiger partial charge on any atom is 0.211 e. The van der Waals surface area contributed by atoms with Crippen molar-refractivity contribution < 1.29 is 14.6 Å². The molecular formula is C23H32N4O3. The zero-order chi connectivity index (χ0) is 21.3. The summed E-state index contributed by atoms with van der Waals surface area (Å²) in [6.07, 6.45) is 4.82. The van der Waals surface area contributed by atoms with E-state index in [0.29, 0.717) is 18.4 Å². The molecule has 1 aromatic rings. The lowest BCUT2D eigenvalue weighted by molar-refractivity contribution is 0.0673. The standard InChI is InChI=1S/C23H32N4O3/c1-14(2)11-24-23(29-4)15(3)9-16-5-6-18-20(10-16)26-22(28)19-12-25-27(21(18)19)17-7-8-30-13-17/h5-6,10-12,14,17,19,21-22,26,28H,7-9,13H2,1-4H3/b23-15+,24-11-/t17-,19?,21?,22?/m0/s1. The van der Waals surface area contributed by atoms with Gasteiger partial charge in [0, 0.05) is 30.3 Å². The van der Waals surface area contributed by atoms with E-state index in [2.05, 4.69) is 52.5 Å². The van der Waals surface area contributed by atoms with Gasteiger partial charge in [-0.05, 0) is 42.9 Å². The molecule has 3 aliphatic heterocycles. The van der Waals surface area contributed by atoms with Crippen LogP contribution in [-0.2, 0) is 15.9 Å². The summed E-state index contributed by atoms with van der Waals surface area (Å²) in [5.74, 6) is 0.967. The highest BCUT2D eigenvalue weighted by atomic mass is 16.5. The second-order valence-electron chi connectivity index (χ2n) is 8.68. The number of nitrogens with one attached hydrogen (secondary N) is 1. The Bertz CT molecular complexity index is 858. The number of methoxy groups -OCH3 is 1. The summed E-state index contributed by atoms with van der Waals surface area (Å²) < 4.78 is 11.1. The molecule has 0 aromatic heterocycles. The Hall–Kier alpha value is -2.38. The van der Waals surface area contributed by atoms with Crippen LogP contribution in [0.5, 0.6) is 0 Å². The average molecular weight is 413 g/mol. The number of nitrogens with zero attached hydrogens (tertiary/aromatic N) is 3. The number of hydrazone groups is 1. The lowest BCUT2D eigenvalue weighted by Crippen LogP contribution is -2.43. The van der Waals surface area contributed by atoms with Gasteiger partial charge in [0.2, 0.25) is 5.88 Å². The maximum absolute atomic E-state index is 10.7. The molecule has 7 heteroatoms. The highest BCUT2D eigenvalue weighted by Gasteiger charge is 2.44. The molecule has 0 saturated carbocycles. The largest absolute Gasteiger partial charge is 0.481 e. The minimum absolute atomic E-state index is 0.0406. The molecule has 0 spiro atoms. The highest BCUT2D eigenvalue weighted by Crippen LogP contribution is 2.44. The number of rotatable bonds is 6. The second kappa shape index (κ2) is 8.78. The first-order valence-electron chi connectivity index (χ1n) is 10.7. The molecule has 0 radical (unpaired) electrons. The Labute approximate surface area is 178 Å². The van der Waals surface area contributed by atoms with Crippen LogP contribution in [-0.4, -0.2) is 55.1 Å². The van der Waals surface area contributed by atoms with Crippen LogP contribution in [0.2, 0.25) is 0 Å². The van der Waals surface area contributed by atoms with Crippen molar-refractivity contribution in [3.05, 3.63) is 40.8 Å². The van der Waals surface area contributed by atoms with E-state index in [1.54, 1.807) is 7.11 Å². The van der Waals surface area contributed by atoms with E-state index >= 15 is 0 Å². The fourth-order valence-corrected chi connectivity index (χ4v) is 4.43. The number of aliphatic hydroxyl groups is 1. The van der Waals surface area contributed by atoms with Crippen LogP contribution in [0.1, 0.15) is 44.4 Å². The van der Waals surface area contributed by atoms with Crippen molar-refractivity contribution in [2.24, 2.45) is 21.9 Å². The predicted molar refractivity (Wildman–Crippen MR) is 119 cm³/mol. The summed E-state index contributed by atoms with van der Waals surface area (Å²) in [6.45, 7) is 7.69. The summed E-state index contributed by atoms with van der Waals surface area (Å²) in [4.78, 5) is 4.48. The lowest BCUT2D eigenvalue weighted by atomic mass is 9.86. The summed E-state index contributed by atoms with van der Waals surface area (Å²) in [6, 6.07) is 6.75. The van der Waals surface area contributed by atoms with E-state index in [1.165, 1.54) is 5.56 Å². The number of hydrogen-bond acceptors (Lipinski definition) is 7. The first kappa shape index (κ1) is 20.9. The van der Waals surface area contributed by atoms with E-state index in [9.17, 15) is 5.11 Å². The van der Waals surface area contributed by atoms with Crippen LogP contribution in [0.15, 0.2) is 39.7 Å². The fourth-order valence-electron chi connectivity index (χ4n) is 4.43. The molecule has 0 aliphatic carbocycles. The minimum atomic E-state index is -0.657. The van der Waals surface area contributed by atoms with Crippen molar-refractivity contribution in [2.75, 3.05) is 25.6 Å². The van der Waals surface area contributed by atoms with Crippen molar-refractivity contribution in [3.63, 3.8) is 0 Å². The van der Waals surface area contributed by atoms with Gasteiger partial charge in [-0.25, -0.2) is 4.99 Å². The van der Waals surface area contributed by atoms with Crippen LogP contribution in [0, 0.1) is 11.8 Å². The molecule has 7 nitrogen and oxygen atoms in total. The number of aliphatic hydroxyl groups excluding tert-OH is 1. The zero-order valence-corrected chi connectivity index (χ0v) is 18.2. The maximum atomic E-state index is 10.7. The first-order valence-corrected chi connectivity index (χ1v) is 10.7. The van der Waals surface area contributed by atoms with Gasteiger partial charge in [0.25, 0.3) is 0 Å². The monoisotopic (exact) mass is 412 g/mol. The third kappa shape index (κ3) is 4.09. The normalized spacial score (nSPS) is 28.5. The highest BCUT2D eigenvalue weighted by molar-refractivity contribution is 5.71. The van der Waals surface area contributed by atoms with E-state index in [-0.39, 0.29) is 18.0 Å². The third-order valence-corrected chi connectivity index (χ3v) is 5.92. The van der Waals surface area contributed by atoms with Crippen LogP contribution in [0.25, 0.3) is 0 Å². The van der Waals surface area contributed by atoms with Crippen molar-refractivity contribution in [1.29, 1.82) is 0 Å². The number of allylic oxidation sites excluding steroid dienone is 1. The van der Waals surface area contributed by atoms with Crippen LogP contribution in [0.4, 0.5) is 5.69 Å². The molecular weight excluding hydrogens is 380 g/mol. The molecule has 4 atom stereocenters. The molecule has 3 unspecified atom stereocenters. The number of aliphatic imine (C=N–C) groups is 1. The van der Waals surface area contributed by atoms with Crippen LogP contribution >= 0.6 is 0 Å². The van der Waals surface area contributed by atoms with Crippen LogP contribution < -0.4 is 5.32 Å². The molecule has 1 fully saturated rings. The summed E-state index contributed by atoms with van der Waals surface area (Å²) in [5.41, 5.74) is 4.35. The Balaban J connectivity index is 1.58. The molecule has 2 N–H and O–H groups in total. The topological polar surface area (TPSA) is 78.7 Å². The summed E-state index contributed by atoms with van der Waals surface area (Å²) >= 11 is 0. The molecule has 1 saturated heterocycles. The number of anilines is 1. The first-order chi connectivity index (χ1) is 14.5. The van der Waals surface area contributed by atoms with Crippen molar-refractivity contribution >= 4 is 18.1 Å². The molecule has 3 aliphatic rings. The summed E-state index contributed by atoms with van der Waals surface area (Å²) in [7, 11) is 1.66. The van der Waals surface area contributed by atoms with E-state index in [0.717, 1.165) is 36.3 Å². The Morgan fingerprint density at radius 1 is 1.47 bits per heavy atom. The number of hydrogen-bond donors (Lipinski definition) is 2. The van der Waals surface area contributed by atoms with Gasteiger partial charge in [-0.3, -0.25) is 5.01 Å². The van der Waals surface area contributed by atoms with Crippen molar-refractivity contribution in [1.82, 2.24) is 5.01 Å². The van der Waals surface area contributed by atoms with Gasteiger partial charge in [-0.15, -0.1) is 0 Å². The minimum Gasteiger partial charge on any atom is -0.481 e. The number of fused-ring (bicyclic) bond motifs is 3. The predicted octanol–water partition coefficient (Wildman–Crippen LogP) is 3.33. The van der Waals surface area contributed by atoms with E-state index in [1.807, 2.05) is 19.4 Å². The summed E-state index contributed by atoms with van der Waals surface area (Å²) in [5, 5.41) is 20.7. The van der Waals surface area contributed by atoms with Gasteiger partial charge < -0.3 is 19.9 Å². The van der Waals surface area contributed by atoms with E-state index in [4.69, 9.17) is 9.47 Å². The van der Waals surface area contributed by atoms with E-state index < -0.39 is 6.23 Å². The third-order valence-electron chi connectivity index (χ3n) is 5.92. The SMILES string of the molecule is COC(/N=C\C(C)C)=C(\C)Cc1ccc2c(c1)NC(O)C1C=NN([C@H]3CCOC3)C21. The van der Waals surface area contributed by atoms with Gasteiger partial charge in [-0.2, -0.15) is 5.10 Å². The number of benzene rings is 1. The van der Waals surface area contributed by atoms with Gasteiger partial charge in [-0.1, -0.05) is 26.0 Å². The fraction of sp³-hybridized carbons (Fsp3) is 0.565. The lowest BCUT2D eigenvalue weighted by Gasteiger charge is -2.39. The molecule has 4 rings (SSSR count). The van der Waals surface area contributed by atoms with Gasteiger partial charge in [0.15, 0.2) is 0 Å². The van der Waals surface area contributed by atoms with Gasteiger partial charge in [0.05, 0.1) is 31.7 Å². The van der Waals surface area contributed by atoms with Crippen molar-refractivity contribution in [3.8, 4) is 0 Å². The average Bonchev–Trinajstić information content (AvgIpc) is 3.38. The molecule has 162 valence electrons. The smallest absolute Gasteiger partial charge is 0.211 e. The Morgan fingerprint density at radius 2 is 2.30 bits per heavy atom. The van der Waals surface area contributed by atoms with Gasteiger partial charge in [0.1, 0.15) is 6.23 Å².